The smallest absolute Gasteiger partial charge is 0.376 e. The molecule has 0 amide bonds. The fourth-order valence-electron chi connectivity index (χ4n) is 1.73. The van der Waals surface area contributed by atoms with Gasteiger partial charge in [0.2, 0.25) is 0 Å². The highest BCUT2D eigenvalue weighted by molar-refractivity contribution is 6.38. The van der Waals surface area contributed by atoms with Gasteiger partial charge in [0.15, 0.2) is 0 Å². The lowest BCUT2D eigenvalue weighted by Gasteiger charge is -2.02. The number of nitrogens with zero attached hydrogens (tertiary/aromatic N) is 2. The Labute approximate surface area is 121 Å². The number of carbonyl (C=O) groups excluding carboxylic acids is 1. The minimum Gasteiger partial charge on any atom is -0.505 e. The molecule has 0 atom stereocenters. The number of carboxylic acid groups (broad SMARTS) is 1. The number of ketones is 1. The molecule has 2 rings (SSSR count). The molecule has 0 spiro atoms. The maximum absolute atomic E-state index is 11.0. The van der Waals surface area contributed by atoms with Crippen LogP contribution < -0.4 is 0 Å². The maximum atomic E-state index is 11.0. The number of hydrogen-bond acceptors (Lipinski definition) is 4. The molecule has 2 N–H and O–H groups in total. The van der Waals surface area contributed by atoms with E-state index < -0.39 is 17.5 Å². The minimum atomic E-state index is -1.62. The van der Waals surface area contributed by atoms with Crippen molar-refractivity contribution in [3.63, 3.8) is 0 Å². The first-order valence-electron chi connectivity index (χ1n) is 6.23. The molecule has 0 radical (unpaired) electrons. The van der Waals surface area contributed by atoms with Crippen LogP contribution in [0.4, 0.5) is 0 Å². The summed E-state index contributed by atoms with van der Waals surface area (Å²) in [7, 11) is 0. The molecule has 108 valence electrons. The van der Waals surface area contributed by atoms with E-state index in [-0.39, 0.29) is 5.69 Å². The van der Waals surface area contributed by atoms with Crippen molar-refractivity contribution in [2.24, 2.45) is 0 Å². The van der Waals surface area contributed by atoms with Crippen LogP contribution in [0.25, 0.3) is 5.76 Å². The van der Waals surface area contributed by atoms with Gasteiger partial charge in [-0.15, -0.1) is 0 Å². The van der Waals surface area contributed by atoms with Crippen LogP contribution in [0.5, 0.6) is 0 Å². The zero-order valence-corrected chi connectivity index (χ0v) is 11.4. The van der Waals surface area contributed by atoms with Gasteiger partial charge >= 0.3 is 5.97 Å². The van der Waals surface area contributed by atoms with E-state index in [9.17, 15) is 14.7 Å². The van der Waals surface area contributed by atoms with Crippen LogP contribution in [0.1, 0.15) is 16.8 Å². The first-order chi connectivity index (χ1) is 9.95. The number of aliphatic hydroxyl groups is 1. The lowest BCUT2D eigenvalue weighted by Crippen LogP contribution is -2.09. The second-order valence-electron chi connectivity index (χ2n) is 4.58. The lowest BCUT2D eigenvalue weighted by atomic mass is 10.1. The van der Waals surface area contributed by atoms with E-state index in [4.69, 9.17) is 5.11 Å². The zero-order chi connectivity index (χ0) is 15.4. The first-order valence-corrected chi connectivity index (χ1v) is 6.23. The molecule has 6 heteroatoms. The molecule has 1 heterocycles. The van der Waals surface area contributed by atoms with Crippen LogP contribution in [0, 0.1) is 6.92 Å². The van der Waals surface area contributed by atoms with Gasteiger partial charge in [0.1, 0.15) is 11.5 Å². The van der Waals surface area contributed by atoms with Gasteiger partial charge in [0, 0.05) is 12.3 Å². The van der Waals surface area contributed by atoms with Crippen LogP contribution >= 0.6 is 0 Å². The van der Waals surface area contributed by atoms with Crippen LogP contribution in [-0.2, 0) is 16.1 Å². The molecule has 0 bridgehead atoms. The summed E-state index contributed by atoms with van der Waals surface area (Å²) in [4.78, 5) is 21.4. The number of carbonyl (C=O) groups is 2. The summed E-state index contributed by atoms with van der Waals surface area (Å²) in [5, 5.41) is 22.2. The van der Waals surface area contributed by atoms with Gasteiger partial charge in [-0.3, -0.25) is 9.48 Å². The largest absolute Gasteiger partial charge is 0.505 e. The summed E-state index contributed by atoms with van der Waals surface area (Å²) >= 11 is 0. The molecule has 0 aliphatic heterocycles. The standard InChI is InChI=1S/C15H14N2O4/c1-10-2-4-11(5-3-10)9-17-7-6-12(16-17)13(18)8-14(19)15(20)21/h2-8,18H,9H2,1H3,(H,20,21). The summed E-state index contributed by atoms with van der Waals surface area (Å²) in [5.74, 6) is -3.29. The summed E-state index contributed by atoms with van der Waals surface area (Å²) in [6, 6.07) is 9.43. The lowest BCUT2D eigenvalue weighted by molar-refractivity contribution is -0.146. The highest BCUT2D eigenvalue weighted by Crippen LogP contribution is 2.10. The highest BCUT2D eigenvalue weighted by atomic mass is 16.4. The fraction of sp³-hybridized carbons (Fsp3) is 0.133. The molecule has 0 aliphatic rings. The van der Waals surface area contributed by atoms with Crippen molar-refractivity contribution in [1.82, 2.24) is 9.78 Å². The summed E-state index contributed by atoms with van der Waals surface area (Å²) in [6.07, 6.45) is 2.28. The average molecular weight is 286 g/mol. The van der Waals surface area contributed by atoms with Crippen LogP contribution in [0.3, 0.4) is 0 Å². The fourth-order valence-corrected chi connectivity index (χ4v) is 1.73. The topological polar surface area (TPSA) is 92.4 Å². The number of benzene rings is 1. The molecule has 0 unspecified atom stereocenters. The Morgan fingerprint density at radius 1 is 1.19 bits per heavy atom. The summed E-state index contributed by atoms with van der Waals surface area (Å²) in [6.45, 7) is 2.51. The van der Waals surface area contributed by atoms with Crippen molar-refractivity contribution in [3.8, 4) is 0 Å². The van der Waals surface area contributed by atoms with Crippen LogP contribution in [0.15, 0.2) is 42.6 Å². The van der Waals surface area contributed by atoms with Gasteiger partial charge in [-0.2, -0.15) is 5.10 Å². The third-order valence-electron chi connectivity index (χ3n) is 2.85. The molecule has 2 aromatic rings. The Morgan fingerprint density at radius 2 is 1.86 bits per heavy atom. The van der Waals surface area contributed by atoms with Crippen molar-refractivity contribution >= 4 is 17.5 Å². The third kappa shape index (κ3) is 3.79. The number of carboxylic acids is 1. The van der Waals surface area contributed by atoms with Gasteiger partial charge in [0.25, 0.3) is 5.78 Å². The van der Waals surface area contributed by atoms with E-state index in [0.29, 0.717) is 12.6 Å². The third-order valence-corrected chi connectivity index (χ3v) is 2.85. The molecule has 0 aliphatic carbocycles. The zero-order valence-electron chi connectivity index (χ0n) is 11.4. The number of hydrogen-bond donors (Lipinski definition) is 2. The summed E-state index contributed by atoms with van der Waals surface area (Å²) < 4.78 is 1.59. The van der Waals surface area contributed by atoms with Crippen molar-refractivity contribution in [1.29, 1.82) is 0 Å². The second-order valence-corrected chi connectivity index (χ2v) is 4.58. The molecule has 1 aromatic carbocycles. The Balaban J connectivity index is 2.12. The quantitative estimate of drug-likeness (QED) is 0.496. The number of rotatable bonds is 5. The van der Waals surface area contributed by atoms with Gasteiger partial charge < -0.3 is 10.2 Å². The molecular formula is C15H14N2O4. The number of aryl methyl sites for hydroxylation is 1. The van der Waals surface area contributed by atoms with Gasteiger partial charge in [-0.25, -0.2) is 4.79 Å². The molecular weight excluding hydrogens is 272 g/mol. The van der Waals surface area contributed by atoms with Gasteiger partial charge in [-0.1, -0.05) is 29.8 Å². The minimum absolute atomic E-state index is 0.150. The van der Waals surface area contributed by atoms with E-state index in [1.165, 1.54) is 6.07 Å². The van der Waals surface area contributed by atoms with Crippen molar-refractivity contribution in [2.45, 2.75) is 13.5 Å². The Kier molecular flexibility index (Phi) is 4.18. The number of aromatic nitrogens is 2. The predicted octanol–water partition coefficient (Wildman–Crippen LogP) is 1.79. The predicted molar refractivity (Wildman–Crippen MR) is 75.8 cm³/mol. The Bertz CT molecular complexity index is 699. The normalized spacial score (nSPS) is 11.4. The Morgan fingerprint density at radius 3 is 2.48 bits per heavy atom. The molecule has 0 saturated carbocycles. The van der Waals surface area contributed by atoms with Crippen molar-refractivity contribution < 1.29 is 19.8 Å². The van der Waals surface area contributed by atoms with Crippen LogP contribution in [0.2, 0.25) is 0 Å². The van der Waals surface area contributed by atoms with E-state index in [0.717, 1.165) is 11.1 Å². The molecule has 0 fully saturated rings. The highest BCUT2D eigenvalue weighted by Gasteiger charge is 2.12. The van der Waals surface area contributed by atoms with Crippen molar-refractivity contribution in [3.05, 3.63) is 59.4 Å². The van der Waals surface area contributed by atoms with Gasteiger partial charge in [-0.05, 0) is 18.6 Å². The molecule has 21 heavy (non-hydrogen) atoms. The average Bonchev–Trinajstić information content (AvgIpc) is 2.90. The van der Waals surface area contributed by atoms with E-state index in [1.54, 1.807) is 10.9 Å². The second kappa shape index (κ2) is 6.04. The van der Waals surface area contributed by atoms with E-state index in [1.807, 2.05) is 31.2 Å². The Hall–Kier alpha value is -2.89. The van der Waals surface area contributed by atoms with E-state index in [2.05, 4.69) is 5.10 Å². The number of aliphatic hydroxyl groups excluding tert-OH is 1. The van der Waals surface area contributed by atoms with Gasteiger partial charge in [0.05, 0.1) is 6.54 Å². The summed E-state index contributed by atoms with van der Waals surface area (Å²) in [5.41, 5.74) is 2.35. The number of aliphatic carboxylic acids is 1. The maximum Gasteiger partial charge on any atom is 0.376 e. The van der Waals surface area contributed by atoms with E-state index >= 15 is 0 Å². The first kappa shape index (κ1) is 14.5. The molecule has 1 aromatic heterocycles. The molecule has 6 nitrogen and oxygen atoms in total. The van der Waals surface area contributed by atoms with Crippen molar-refractivity contribution in [2.75, 3.05) is 0 Å². The van der Waals surface area contributed by atoms with Crippen LogP contribution in [-0.4, -0.2) is 31.7 Å². The molecule has 0 saturated heterocycles. The monoisotopic (exact) mass is 286 g/mol. The SMILES string of the molecule is Cc1ccc(Cn2ccc(C(O)=CC(=O)C(=O)O)n2)cc1.